The number of benzene rings is 1. The van der Waals surface area contributed by atoms with Crippen LogP contribution in [-0.4, -0.2) is 17.4 Å². The van der Waals surface area contributed by atoms with Crippen LogP contribution in [0.25, 0.3) is 6.08 Å². The van der Waals surface area contributed by atoms with Gasteiger partial charge in [0.05, 0.1) is 12.3 Å². The van der Waals surface area contributed by atoms with E-state index in [1.165, 1.54) is 10.4 Å². The summed E-state index contributed by atoms with van der Waals surface area (Å²) in [4.78, 5) is 12.8. The third kappa shape index (κ3) is 5.63. The van der Waals surface area contributed by atoms with Gasteiger partial charge in [0.2, 0.25) is 5.91 Å². The van der Waals surface area contributed by atoms with E-state index in [9.17, 15) is 4.79 Å². The normalized spacial score (nSPS) is 10.8. The Morgan fingerprint density at radius 3 is 2.80 bits per heavy atom. The highest BCUT2D eigenvalue weighted by Crippen LogP contribution is 2.08. The Kier molecular flexibility index (Phi) is 6.41. The number of rotatable bonds is 7. The Morgan fingerprint density at radius 2 is 2.05 bits per heavy atom. The maximum absolute atomic E-state index is 11.6. The molecular weight excluding hydrogens is 286 g/mol. The number of amides is 1. The number of thiophene rings is 1. The molecule has 20 heavy (non-hydrogen) atoms. The van der Waals surface area contributed by atoms with Crippen molar-refractivity contribution in [2.24, 2.45) is 0 Å². The first-order valence-corrected chi connectivity index (χ1v) is 8.46. The van der Waals surface area contributed by atoms with E-state index in [1.807, 2.05) is 35.7 Å². The van der Waals surface area contributed by atoms with Crippen LogP contribution in [0.2, 0.25) is 0 Å². The van der Waals surface area contributed by atoms with Crippen LogP contribution in [0.15, 0.2) is 53.9 Å². The van der Waals surface area contributed by atoms with Gasteiger partial charge in [-0.15, -0.1) is 23.1 Å². The molecule has 2 aromatic rings. The van der Waals surface area contributed by atoms with Crippen LogP contribution in [0.1, 0.15) is 10.4 Å². The molecule has 0 saturated carbocycles. The second-order valence-electron chi connectivity index (χ2n) is 4.18. The Hall–Kier alpha value is -1.52. The highest BCUT2D eigenvalue weighted by Gasteiger charge is 2.00. The molecule has 0 saturated heterocycles. The molecule has 2 rings (SSSR count). The molecule has 104 valence electrons. The van der Waals surface area contributed by atoms with Crippen molar-refractivity contribution in [1.82, 2.24) is 5.32 Å². The number of nitrogens with one attached hydrogen (secondary N) is 1. The molecule has 1 amide bonds. The molecule has 0 radical (unpaired) electrons. The Bertz CT molecular complexity index is 535. The van der Waals surface area contributed by atoms with Gasteiger partial charge in [-0.1, -0.05) is 48.6 Å². The quantitative estimate of drug-likeness (QED) is 0.788. The van der Waals surface area contributed by atoms with Crippen LogP contribution in [0.4, 0.5) is 0 Å². The molecule has 0 aliphatic carbocycles. The van der Waals surface area contributed by atoms with E-state index >= 15 is 0 Å². The molecule has 4 heteroatoms. The molecule has 0 aliphatic rings. The summed E-state index contributed by atoms with van der Waals surface area (Å²) in [5.41, 5.74) is 1.19. The van der Waals surface area contributed by atoms with E-state index in [4.69, 9.17) is 0 Å². The van der Waals surface area contributed by atoms with E-state index < -0.39 is 0 Å². The van der Waals surface area contributed by atoms with Gasteiger partial charge in [0.1, 0.15) is 0 Å². The first kappa shape index (κ1) is 14.9. The minimum Gasteiger partial charge on any atom is -0.350 e. The van der Waals surface area contributed by atoms with Crippen molar-refractivity contribution < 1.29 is 4.79 Å². The van der Waals surface area contributed by atoms with E-state index in [0.29, 0.717) is 12.3 Å². The van der Waals surface area contributed by atoms with E-state index in [2.05, 4.69) is 29.6 Å². The summed E-state index contributed by atoms with van der Waals surface area (Å²) in [7, 11) is 0. The SMILES string of the molecule is O=C(CSCC=Cc1ccccc1)NCc1cccs1. The predicted molar refractivity (Wildman–Crippen MR) is 89.0 cm³/mol. The van der Waals surface area contributed by atoms with E-state index in [0.717, 1.165) is 5.75 Å². The van der Waals surface area contributed by atoms with Gasteiger partial charge in [0.15, 0.2) is 0 Å². The zero-order valence-electron chi connectivity index (χ0n) is 11.1. The van der Waals surface area contributed by atoms with Gasteiger partial charge in [-0.2, -0.15) is 0 Å². The van der Waals surface area contributed by atoms with Crippen LogP contribution in [-0.2, 0) is 11.3 Å². The summed E-state index contributed by atoms with van der Waals surface area (Å²) in [6.07, 6.45) is 4.17. The fraction of sp³-hybridized carbons (Fsp3) is 0.188. The zero-order chi connectivity index (χ0) is 14.0. The van der Waals surface area contributed by atoms with Crippen molar-refractivity contribution in [2.45, 2.75) is 6.54 Å². The minimum atomic E-state index is 0.0940. The minimum absolute atomic E-state index is 0.0940. The number of thioether (sulfide) groups is 1. The average molecular weight is 303 g/mol. The van der Waals surface area contributed by atoms with Crippen LogP contribution in [0.3, 0.4) is 0 Å². The van der Waals surface area contributed by atoms with Crippen molar-refractivity contribution in [3.05, 3.63) is 64.4 Å². The number of carbonyl (C=O) groups excluding carboxylic acids is 1. The van der Waals surface area contributed by atoms with Gasteiger partial charge in [-0.3, -0.25) is 4.79 Å². The monoisotopic (exact) mass is 303 g/mol. The highest BCUT2D eigenvalue weighted by atomic mass is 32.2. The molecule has 0 atom stereocenters. The topological polar surface area (TPSA) is 29.1 Å². The van der Waals surface area contributed by atoms with Gasteiger partial charge in [0.25, 0.3) is 0 Å². The van der Waals surface area contributed by atoms with Crippen LogP contribution < -0.4 is 5.32 Å². The smallest absolute Gasteiger partial charge is 0.230 e. The third-order valence-electron chi connectivity index (χ3n) is 2.60. The van der Waals surface area contributed by atoms with Crippen LogP contribution >= 0.6 is 23.1 Å². The lowest BCUT2D eigenvalue weighted by Crippen LogP contribution is -2.24. The molecule has 0 unspecified atom stereocenters. The second-order valence-corrected chi connectivity index (χ2v) is 6.25. The molecule has 1 aromatic heterocycles. The summed E-state index contributed by atoms with van der Waals surface area (Å²) in [6.45, 7) is 0.636. The summed E-state index contributed by atoms with van der Waals surface area (Å²) < 4.78 is 0. The maximum Gasteiger partial charge on any atom is 0.230 e. The molecular formula is C16H17NOS2. The van der Waals surface area contributed by atoms with Crippen molar-refractivity contribution in [1.29, 1.82) is 0 Å². The van der Waals surface area contributed by atoms with Crippen molar-refractivity contribution in [2.75, 3.05) is 11.5 Å². The first-order valence-electron chi connectivity index (χ1n) is 6.43. The Morgan fingerprint density at radius 1 is 1.20 bits per heavy atom. The lowest BCUT2D eigenvalue weighted by Gasteiger charge is -2.02. The lowest BCUT2D eigenvalue weighted by molar-refractivity contribution is -0.118. The number of hydrogen-bond donors (Lipinski definition) is 1. The van der Waals surface area contributed by atoms with Gasteiger partial charge < -0.3 is 5.32 Å². The summed E-state index contributed by atoms with van der Waals surface area (Å²) >= 11 is 3.28. The number of carbonyl (C=O) groups is 1. The zero-order valence-corrected chi connectivity index (χ0v) is 12.8. The standard InChI is InChI=1S/C16H17NOS2/c18-16(17-12-15-9-5-11-20-15)13-19-10-4-8-14-6-2-1-3-7-14/h1-9,11H,10,12-13H2,(H,17,18). The Balaban J connectivity index is 1.58. The summed E-state index contributed by atoms with van der Waals surface area (Å²) in [6, 6.07) is 14.2. The average Bonchev–Trinajstić information content (AvgIpc) is 2.99. The maximum atomic E-state index is 11.6. The lowest BCUT2D eigenvalue weighted by atomic mass is 10.2. The van der Waals surface area contributed by atoms with Crippen molar-refractivity contribution >= 4 is 35.1 Å². The second kappa shape index (κ2) is 8.61. The molecule has 0 bridgehead atoms. The van der Waals surface area contributed by atoms with Crippen LogP contribution in [0.5, 0.6) is 0 Å². The molecule has 0 spiro atoms. The molecule has 2 nitrogen and oxygen atoms in total. The van der Waals surface area contributed by atoms with Crippen molar-refractivity contribution in [3.63, 3.8) is 0 Å². The molecule has 0 fully saturated rings. The van der Waals surface area contributed by atoms with Gasteiger partial charge >= 0.3 is 0 Å². The van der Waals surface area contributed by atoms with Gasteiger partial charge in [-0.25, -0.2) is 0 Å². The van der Waals surface area contributed by atoms with E-state index in [1.54, 1.807) is 23.1 Å². The summed E-state index contributed by atoms with van der Waals surface area (Å²) in [5, 5.41) is 4.94. The van der Waals surface area contributed by atoms with Gasteiger partial charge in [0, 0.05) is 10.6 Å². The third-order valence-corrected chi connectivity index (χ3v) is 4.37. The highest BCUT2D eigenvalue weighted by molar-refractivity contribution is 8.00. The predicted octanol–water partition coefficient (Wildman–Crippen LogP) is 3.81. The summed E-state index contributed by atoms with van der Waals surface area (Å²) in [5.74, 6) is 1.45. The Labute approximate surface area is 127 Å². The first-order chi connectivity index (χ1) is 9.84. The van der Waals surface area contributed by atoms with Gasteiger partial charge in [-0.05, 0) is 17.0 Å². The fourth-order valence-electron chi connectivity index (χ4n) is 1.62. The largest absolute Gasteiger partial charge is 0.350 e. The molecule has 1 heterocycles. The molecule has 0 aliphatic heterocycles. The fourth-order valence-corrected chi connectivity index (χ4v) is 2.90. The number of hydrogen-bond acceptors (Lipinski definition) is 3. The molecule has 1 N–H and O–H groups in total. The van der Waals surface area contributed by atoms with Crippen LogP contribution in [0, 0.1) is 0 Å². The van der Waals surface area contributed by atoms with E-state index in [-0.39, 0.29) is 5.91 Å². The van der Waals surface area contributed by atoms with Crippen molar-refractivity contribution in [3.8, 4) is 0 Å². The molecule has 1 aromatic carbocycles.